The fourth-order valence-corrected chi connectivity index (χ4v) is 1.35. The molecule has 0 aliphatic heterocycles. The minimum absolute atomic E-state index is 0.218. The monoisotopic (exact) mass is 211 g/mol. The smallest absolute Gasteiger partial charge is 0.298 e. The molecule has 0 spiro atoms. The van der Waals surface area contributed by atoms with Gasteiger partial charge in [-0.2, -0.15) is 0 Å². The van der Waals surface area contributed by atoms with Crippen molar-refractivity contribution < 1.29 is 0 Å². The van der Waals surface area contributed by atoms with Crippen LogP contribution in [0.25, 0.3) is 0 Å². The van der Waals surface area contributed by atoms with Gasteiger partial charge in [-0.15, -0.1) is 4.91 Å². The van der Waals surface area contributed by atoms with E-state index in [4.69, 9.17) is 0 Å². The molecule has 82 valence electrons. The van der Waals surface area contributed by atoms with Crippen LogP contribution in [0.4, 0.5) is 5.69 Å². The van der Waals surface area contributed by atoms with Gasteiger partial charge in [-0.3, -0.25) is 13.9 Å². The van der Waals surface area contributed by atoms with Crippen LogP contribution >= 0.6 is 0 Å². The molecule has 0 aliphatic rings. The number of rotatable bonds is 4. The fourth-order valence-electron chi connectivity index (χ4n) is 1.35. The molecule has 0 unspecified atom stereocenters. The van der Waals surface area contributed by atoms with E-state index < -0.39 is 11.2 Å². The van der Waals surface area contributed by atoms with Crippen molar-refractivity contribution >= 4 is 5.69 Å². The first kappa shape index (κ1) is 11.4. The first-order valence-electron chi connectivity index (χ1n) is 4.83. The van der Waals surface area contributed by atoms with E-state index in [1.165, 1.54) is 10.8 Å². The topological polar surface area (TPSA) is 73.4 Å². The largest absolute Gasteiger partial charge is 0.331 e. The Morgan fingerprint density at radius 1 is 1.33 bits per heavy atom. The zero-order chi connectivity index (χ0) is 11.4. The lowest BCUT2D eigenvalue weighted by Gasteiger charge is -2.07. The lowest BCUT2D eigenvalue weighted by Crippen LogP contribution is -2.39. The maximum atomic E-state index is 11.7. The van der Waals surface area contributed by atoms with Gasteiger partial charge in [0.05, 0.1) is 0 Å². The highest BCUT2D eigenvalue weighted by Gasteiger charge is 2.09. The minimum Gasteiger partial charge on any atom is -0.298 e. The van der Waals surface area contributed by atoms with E-state index in [0.29, 0.717) is 19.5 Å². The van der Waals surface area contributed by atoms with Crippen LogP contribution < -0.4 is 11.2 Å². The van der Waals surface area contributed by atoms with E-state index in [1.54, 1.807) is 6.92 Å². The lowest BCUT2D eigenvalue weighted by molar-refractivity contribution is 0.559. The van der Waals surface area contributed by atoms with Crippen molar-refractivity contribution in [3.63, 3.8) is 0 Å². The second-order valence-corrected chi connectivity index (χ2v) is 3.13. The highest BCUT2D eigenvalue weighted by Crippen LogP contribution is 2.00. The van der Waals surface area contributed by atoms with Crippen LogP contribution in [-0.4, -0.2) is 9.13 Å². The van der Waals surface area contributed by atoms with E-state index in [9.17, 15) is 14.5 Å². The molecule has 1 heterocycles. The Balaban J connectivity index is 3.53. The van der Waals surface area contributed by atoms with Crippen molar-refractivity contribution in [3.05, 3.63) is 31.9 Å². The third-order valence-corrected chi connectivity index (χ3v) is 2.11. The summed E-state index contributed by atoms with van der Waals surface area (Å²) in [6.07, 6.45) is 1.85. The van der Waals surface area contributed by atoms with Gasteiger partial charge >= 0.3 is 5.69 Å². The summed E-state index contributed by atoms with van der Waals surface area (Å²) < 4.78 is 2.34. The summed E-state index contributed by atoms with van der Waals surface area (Å²) in [5, 5.41) is 2.62. The standard InChI is InChI=1S/C9H13N3O3/c1-3-5-12-8(13)7(10-15)6-11(4-2)9(12)14/h6H,3-5H2,1-2H3. The molecular formula is C9H13N3O3. The fraction of sp³-hybridized carbons (Fsp3) is 0.556. The summed E-state index contributed by atoms with van der Waals surface area (Å²) in [6, 6.07) is 0. The Morgan fingerprint density at radius 3 is 2.47 bits per heavy atom. The van der Waals surface area contributed by atoms with Crippen molar-refractivity contribution in [1.82, 2.24) is 9.13 Å². The minimum atomic E-state index is -0.610. The number of nitrogens with zero attached hydrogens (tertiary/aromatic N) is 3. The highest BCUT2D eigenvalue weighted by atomic mass is 16.3. The molecule has 0 atom stereocenters. The van der Waals surface area contributed by atoms with E-state index in [1.807, 2.05) is 6.92 Å². The summed E-state index contributed by atoms with van der Waals surface area (Å²) in [7, 11) is 0. The van der Waals surface area contributed by atoms with Crippen LogP contribution in [0.15, 0.2) is 21.0 Å². The molecule has 1 rings (SSSR count). The second-order valence-electron chi connectivity index (χ2n) is 3.13. The van der Waals surface area contributed by atoms with E-state index in [0.717, 1.165) is 4.57 Å². The van der Waals surface area contributed by atoms with Crippen LogP contribution in [0.2, 0.25) is 0 Å². The van der Waals surface area contributed by atoms with Gasteiger partial charge < -0.3 is 0 Å². The van der Waals surface area contributed by atoms with Gasteiger partial charge in [0.1, 0.15) is 0 Å². The summed E-state index contributed by atoms with van der Waals surface area (Å²) in [4.78, 5) is 33.6. The number of hydrogen-bond donors (Lipinski definition) is 0. The van der Waals surface area contributed by atoms with E-state index >= 15 is 0 Å². The molecule has 15 heavy (non-hydrogen) atoms. The normalized spacial score (nSPS) is 10.3. The van der Waals surface area contributed by atoms with Crippen LogP contribution in [0.1, 0.15) is 20.3 Å². The number of aryl methyl sites for hydroxylation is 1. The Hall–Kier alpha value is -1.72. The zero-order valence-corrected chi connectivity index (χ0v) is 8.77. The van der Waals surface area contributed by atoms with Crippen molar-refractivity contribution in [2.45, 2.75) is 33.4 Å². The molecule has 6 nitrogen and oxygen atoms in total. The quantitative estimate of drug-likeness (QED) is 0.692. The van der Waals surface area contributed by atoms with E-state index in [-0.39, 0.29) is 5.69 Å². The van der Waals surface area contributed by atoms with Crippen LogP contribution in [0.5, 0.6) is 0 Å². The molecule has 0 radical (unpaired) electrons. The molecule has 1 aromatic rings. The highest BCUT2D eigenvalue weighted by molar-refractivity contribution is 5.29. The van der Waals surface area contributed by atoms with E-state index in [2.05, 4.69) is 5.18 Å². The van der Waals surface area contributed by atoms with Gasteiger partial charge in [-0.25, -0.2) is 4.79 Å². The summed E-state index contributed by atoms with van der Waals surface area (Å²) >= 11 is 0. The van der Waals surface area contributed by atoms with Crippen molar-refractivity contribution in [1.29, 1.82) is 0 Å². The van der Waals surface area contributed by atoms with Crippen LogP contribution in [0.3, 0.4) is 0 Å². The molecule has 0 aromatic carbocycles. The number of aromatic nitrogens is 2. The SMILES string of the molecule is CCCn1c(=O)c(N=O)cn(CC)c1=O. The maximum absolute atomic E-state index is 11.7. The number of hydrogen-bond acceptors (Lipinski definition) is 4. The Kier molecular flexibility index (Phi) is 3.54. The molecule has 0 N–H and O–H groups in total. The van der Waals surface area contributed by atoms with Gasteiger partial charge in [0, 0.05) is 19.3 Å². The lowest BCUT2D eigenvalue weighted by atomic mass is 10.4. The van der Waals surface area contributed by atoms with Crippen LogP contribution in [-0.2, 0) is 13.1 Å². The van der Waals surface area contributed by atoms with Gasteiger partial charge in [0.15, 0.2) is 5.69 Å². The molecule has 0 fully saturated rings. The van der Waals surface area contributed by atoms with Crippen LogP contribution in [0, 0.1) is 4.91 Å². The predicted molar refractivity (Wildman–Crippen MR) is 56.4 cm³/mol. The third-order valence-electron chi connectivity index (χ3n) is 2.11. The Bertz CT molecular complexity index is 472. The average molecular weight is 211 g/mol. The molecule has 1 aromatic heterocycles. The third kappa shape index (κ3) is 2.03. The maximum Gasteiger partial charge on any atom is 0.331 e. The van der Waals surface area contributed by atoms with Gasteiger partial charge in [-0.1, -0.05) is 6.92 Å². The average Bonchev–Trinajstić information content (AvgIpc) is 2.25. The molecule has 0 saturated heterocycles. The first-order chi connectivity index (χ1) is 7.15. The number of nitroso groups, excluding NO2 is 1. The first-order valence-corrected chi connectivity index (χ1v) is 4.83. The van der Waals surface area contributed by atoms with Crippen molar-refractivity contribution in [2.75, 3.05) is 0 Å². The summed E-state index contributed by atoms with van der Waals surface area (Å²) in [6.45, 7) is 4.33. The summed E-state index contributed by atoms with van der Waals surface area (Å²) in [5.74, 6) is 0. The molecule has 0 aliphatic carbocycles. The molecule has 0 bridgehead atoms. The Morgan fingerprint density at radius 2 is 2.00 bits per heavy atom. The summed E-state index contributed by atoms with van der Waals surface area (Å²) in [5.41, 5.74) is -1.22. The molecule has 0 amide bonds. The van der Waals surface area contributed by atoms with Gasteiger partial charge in [-0.05, 0) is 18.5 Å². The Labute approximate surface area is 86.1 Å². The van der Waals surface area contributed by atoms with Gasteiger partial charge in [0.2, 0.25) is 0 Å². The molecule has 0 saturated carbocycles. The van der Waals surface area contributed by atoms with Crippen molar-refractivity contribution in [2.24, 2.45) is 5.18 Å². The van der Waals surface area contributed by atoms with Crippen molar-refractivity contribution in [3.8, 4) is 0 Å². The molecular weight excluding hydrogens is 198 g/mol. The molecule has 6 heteroatoms. The zero-order valence-electron chi connectivity index (χ0n) is 8.77. The second kappa shape index (κ2) is 4.68. The van der Waals surface area contributed by atoms with Gasteiger partial charge in [0.25, 0.3) is 5.56 Å². The predicted octanol–water partition coefficient (Wildman–Crippen LogP) is 0.838.